The molecule has 0 atom stereocenters. The first kappa shape index (κ1) is 8.13. The predicted molar refractivity (Wildman–Crippen MR) is 52.7 cm³/mol. The predicted octanol–water partition coefficient (Wildman–Crippen LogP) is 2.73. The Morgan fingerprint density at radius 2 is 2.42 bits per heavy atom. The lowest BCUT2D eigenvalue weighted by atomic mass is 10.1. The van der Waals surface area contributed by atoms with Crippen LogP contribution in [0.25, 0.3) is 0 Å². The van der Waals surface area contributed by atoms with Crippen LogP contribution in [-0.2, 0) is 0 Å². The van der Waals surface area contributed by atoms with Crippen molar-refractivity contribution < 1.29 is 5.21 Å². The summed E-state index contributed by atoms with van der Waals surface area (Å²) in [6.07, 6.45) is 0.879. The van der Waals surface area contributed by atoms with Crippen LogP contribution >= 0.6 is 23.1 Å². The van der Waals surface area contributed by atoms with Crippen LogP contribution in [0.3, 0.4) is 0 Å². The zero-order valence-corrected chi connectivity index (χ0v) is 8.34. The van der Waals surface area contributed by atoms with E-state index < -0.39 is 0 Å². The van der Waals surface area contributed by atoms with E-state index >= 15 is 0 Å². The molecule has 1 N–H and O–H groups in total. The summed E-state index contributed by atoms with van der Waals surface area (Å²) in [5.74, 6) is 1.03. The third-order valence-corrected chi connectivity index (χ3v) is 4.16. The molecule has 1 aliphatic heterocycles. The van der Waals surface area contributed by atoms with Crippen LogP contribution in [0.15, 0.2) is 15.4 Å². The monoisotopic (exact) mass is 199 g/mol. The molecule has 0 radical (unpaired) electrons. The summed E-state index contributed by atoms with van der Waals surface area (Å²) in [6, 6.07) is 2.10. The zero-order valence-electron chi connectivity index (χ0n) is 6.70. The summed E-state index contributed by atoms with van der Waals surface area (Å²) in [5, 5.41) is 12.0. The molecule has 2 rings (SSSR count). The van der Waals surface area contributed by atoms with E-state index in [1.807, 2.05) is 11.8 Å². The van der Waals surface area contributed by atoms with Crippen molar-refractivity contribution in [3.63, 3.8) is 0 Å². The minimum Gasteiger partial charge on any atom is -0.411 e. The Morgan fingerprint density at radius 3 is 3.17 bits per heavy atom. The maximum atomic E-state index is 8.73. The lowest BCUT2D eigenvalue weighted by molar-refractivity contribution is 0.318. The first-order chi connectivity index (χ1) is 5.81. The molecule has 0 spiro atoms. The van der Waals surface area contributed by atoms with E-state index in [0.717, 1.165) is 23.4 Å². The third-order valence-electron chi connectivity index (χ3n) is 1.82. The van der Waals surface area contributed by atoms with Gasteiger partial charge >= 0.3 is 0 Å². The van der Waals surface area contributed by atoms with Gasteiger partial charge in [0, 0.05) is 22.6 Å². The molecule has 1 aromatic heterocycles. The molecule has 1 aliphatic rings. The number of hydrogen-bond acceptors (Lipinski definition) is 4. The van der Waals surface area contributed by atoms with E-state index in [4.69, 9.17) is 5.21 Å². The highest BCUT2D eigenvalue weighted by atomic mass is 32.2. The average Bonchev–Trinajstić information content (AvgIpc) is 2.44. The van der Waals surface area contributed by atoms with Crippen molar-refractivity contribution in [2.24, 2.45) is 5.16 Å². The number of thioether (sulfide) groups is 1. The standard InChI is InChI=1S/C8H9NOS2/c1-5-4-6-7(9-10)2-3-11-8(6)12-5/h4,10H,2-3H2,1H3. The van der Waals surface area contributed by atoms with Crippen LogP contribution in [0.5, 0.6) is 0 Å². The fourth-order valence-electron chi connectivity index (χ4n) is 1.28. The maximum Gasteiger partial charge on any atom is 0.0896 e. The summed E-state index contributed by atoms with van der Waals surface area (Å²) < 4.78 is 1.30. The molecule has 1 aromatic rings. The SMILES string of the molecule is Cc1cc2c(s1)SCCC2=NO. The highest BCUT2D eigenvalue weighted by Gasteiger charge is 2.18. The normalized spacial score (nSPS) is 19.6. The maximum absolute atomic E-state index is 8.73. The van der Waals surface area contributed by atoms with E-state index in [-0.39, 0.29) is 0 Å². The lowest BCUT2D eigenvalue weighted by Gasteiger charge is -2.10. The number of nitrogens with zero attached hydrogens (tertiary/aromatic N) is 1. The summed E-state index contributed by atoms with van der Waals surface area (Å²) in [4.78, 5) is 1.29. The van der Waals surface area contributed by atoms with Gasteiger partial charge in [-0.1, -0.05) is 5.16 Å². The molecule has 2 nitrogen and oxygen atoms in total. The van der Waals surface area contributed by atoms with Gasteiger partial charge in [-0.25, -0.2) is 0 Å². The molecule has 0 saturated heterocycles. The van der Waals surface area contributed by atoms with E-state index in [1.54, 1.807) is 11.3 Å². The molecule has 4 heteroatoms. The Labute approximate surface area is 79.3 Å². The zero-order chi connectivity index (χ0) is 8.55. The van der Waals surface area contributed by atoms with E-state index in [0.29, 0.717) is 0 Å². The highest BCUT2D eigenvalue weighted by molar-refractivity contribution is 8.01. The second-order valence-corrected chi connectivity index (χ2v) is 5.32. The van der Waals surface area contributed by atoms with Crippen molar-refractivity contribution >= 4 is 28.8 Å². The number of hydrogen-bond donors (Lipinski definition) is 1. The van der Waals surface area contributed by atoms with Gasteiger partial charge < -0.3 is 5.21 Å². The van der Waals surface area contributed by atoms with Gasteiger partial charge in [0.15, 0.2) is 0 Å². The second kappa shape index (κ2) is 3.11. The highest BCUT2D eigenvalue weighted by Crippen LogP contribution is 2.36. The third kappa shape index (κ3) is 1.25. The van der Waals surface area contributed by atoms with Crippen molar-refractivity contribution in [2.75, 3.05) is 5.75 Å². The van der Waals surface area contributed by atoms with Gasteiger partial charge in [-0.05, 0) is 13.0 Å². The molecule has 2 heterocycles. The van der Waals surface area contributed by atoms with Crippen molar-refractivity contribution in [1.82, 2.24) is 0 Å². The van der Waals surface area contributed by atoms with Crippen LogP contribution in [-0.4, -0.2) is 16.7 Å². The molecular weight excluding hydrogens is 190 g/mol. The number of thiophene rings is 1. The quantitative estimate of drug-likeness (QED) is 0.514. The van der Waals surface area contributed by atoms with Gasteiger partial charge in [0.25, 0.3) is 0 Å². The topological polar surface area (TPSA) is 32.6 Å². The molecule has 64 valence electrons. The van der Waals surface area contributed by atoms with Gasteiger partial charge in [-0.15, -0.1) is 23.1 Å². The van der Waals surface area contributed by atoms with Crippen LogP contribution in [0.1, 0.15) is 16.9 Å². The van der Waals surface area contributed by atoms with Crippen molar-refractivity contribution in [3.8, 4) is 0 Å². The summed E-state index contributed by atoms with van der Waals surface area (Å²) >= 11 is 3.64. The van der Waals surface area contributed by atoms with Crippen LogP contribution in [0, 0.1) is 6.92 Å². The van der Waals surface area contributed by atoms with E-state index in [9.17, 15) is 0 Å². The van der Waals surface area contributed by atoms with E-state index in [1.165, 1.54) is 9.09 Å². The molecule has 0 saturated carbocycles. The number of oxime groups is 1. The summed E-state index contributed by atoms with van der Waals surface area (Å²) in [6.45, 7) is 2.08. The van der Waals surface area contributed by atoms with Gasteiger partial charge in [0.05, 0.1) is 9.92 Å². The Balaban J connectivity index is 2.50. The number of fused-ring (bicyclic) bond motifs is 1. The smallest absolute Gasteiger partial charge is 0.0896 e. The first-order valence-electron chi connectivity index (χ1n) is 3.76. The van der Waals surface area contributed by atoms with E-state index in [2.05, 4.69) is 18.1 Å². The summed E-state index contributed by atoms with van der Waals surface area (Å²) in [5.41, 5.74) is 1.98. The lowest BCUT2D eigenvalue weighted by Crippen LogP contribution is -2.06. The minimum absolute atomic E-state index is 0.841. The molecule has 0 unspecified atom stereocenters. The van der Waals surface area contributed by atoms with Crippen LogP contribution < -0.4 is 0 Å². The molecular formula is C8H9NOS2. The molecule has 0 amide bonds. The summed E-state index contributed by atoms with van der Waals surface area (Å²) in [7, 11) is 0. The Bertz CT molecular complexity index is 330. The van der Waals surface area contributed by atoms with Crippen molar-refractivity contribution in [1.29, 1.82) is 0 Å². The van der Waals surface area contributed by atoms with Gasteiger partial charge in [0.1, 0.15) is 0 Å². The van der Waals surface area contributed by atoms with Gasteiger partial charge in [0.2, 0.25) is 0 Å². The van der Waals surface area contributed by atoms with Crippen molar-refractivity contribution in [3.05, 3.63) is 16.5 Å². The largest absolute Gasteiger partial charge is 0.411 e. The van der Waals surface area contributed by atoms with Crippen LogP contribution in [0.2, 0.25) is 0 Å². The molecule has 0 aromatic carbocycles. The number of rotatable bonds is 0. The van der Waals surface area contributed by atoms with Crippen LogP contribution in [0.4, 0.5) is 0 Å². The molecule has 12 heavy (non-hydrogen) atoms. The Kier molecular flexibility index (Phi) is 2.11. The fourth-order valence-corrected chi connectivity index (χ4v) is 3.73. The minimum atomic E-state index is 0.841. The number of aryl methyl sites for hydroxylation is 1. The second-order valence-electron chi connectivity index (χ2n) is 2.70. The average molecular weight is 199 g/mol. The molecule has 0 fully saturated rings. The molecule has 0 bridgehead atoms. The first-order valence-corrected chi connectivity index (χ1v) is 5.56. The molecule has 0 aliphatic carbocycles. The fraction of sp³-hybridized carbons (Fsp3) is 0.375. The van der Waals surface area contributed by atoms with Crippen molar-refractivity contribution in [2.45, 2.75) is 17.6 Å². The Hall–Kier alpha value is -0.480. The van der Waals surface area contributed by atoms with Gasteiger partial charge in [-0.2, -0.15) is 0 Å². The Morgan fingerprint density at radius 1 is 1.58 bits per heavy atom. The van der Waals surface area contributed by atoms with Gasteiger partial charge in [-0.3, -0.25) is 0 Å².